The Morgan fingerprint density at radius 3 is 3.29 bits per heavy atom. The molecule has 1 aliphatic heterocycles. The van der Waals surface area contributed by atoms with Gasteiger partial charge in [0.2, 0.25) is 0 Å². The van der Waals surface area contributed by atoms with Crippen molar-refractivity contribution < 1.29 is 4.74 Å². The molecule has 0 aliphatic carbocycles. The summed E-state index contributed by atoms with van der Waals surface area (Å²) in [5.41, 5.74) is 0.894. The van der Waals surface area contributed by atoms with Crippen LogP contribution < -0.4 is 5.32 Å². The highest BCUT2D eigenvalue weighted by molar-refractivity contribution is 4.88. The molecule has 0 amide bonds. The molecule has 14 heavy (non-hydrogen) atoms. The molecular formula is C9H16N4O. The molecule has 0 saturated carbocycles. The molecule has 5 nitrogen and oxygen atoms in total. The molecule has 0 bridgehead atoms. The van der Waals surface area contributed by atoms with E-state index >= 15 is 0 Å². The predicted octanol–water partition coefficient (Wildman–Crippen LogP) is 0.0837. The van der Waals surface area contributed by atoms with E-state index in [9.17, 15) is 0 Å². The van der Waals surface area contributed by atoms with Crippen molar-refractivity contribution >= 4 is 0 Å². The van der Waals surface area contributed by atoms with Crippen LogP contribution in [0.3, 0.4) is 0 Å². The molecule has 1 aliphatic rings. The molecule has 1 aromatic heterocycles. The standard InChI is InChI=1S/C9H16N4O/c1-13-5-9(11-12-13)7-14-6-8-3-2-4-10-8/h5,8,10H,2-4,6-7H2,1H3. The highest BCUT2D eigenvalue weighted by atomic mass is 16.5. The zero-order valence-electron chi connectivity index (χ0n) is 8.44. The van der Waals surface area contributed by atoms with Crippen molar-refractivity contribution in [2.45, 2.75) is 25.5 Å². The van der Waals surface area contributed by atoms with Crippen molar-refractivity contribution in [1.29, 1.82) is 0 Å². The minimum absolute atomic E-state index is 0.534. The van der Waals surface area contributed by atoms with E-state index in [1.165, 1.54) is 12.8 Å². The van der Waals surface area contributed by atoms with Crippen molar-refractivity contribution in [1.82, 2.24) is 20.3 Å². The molecule has 1 fully saturated rings. The van der Waals surface area contributed by atoms with Crippen molar-refractivity contribution in [2.24, 2.45) is 7.05 Å². The van der Waals surface area contributed by atoms with Crippen LogP contribution in [0.2, 0.25) is 0 Å². The van der Waals surface area contributed by atoms with Crippen LogP contribution >= 0.6 is 0 Å². The van der Waals surface area contributed by atoms with Gasteiger partial charge in [0.25, 0.3) is 0 Å². The maximum atomic E-state index is 5.54. The van der Waals surface area contributed by atoms with Gasteiger partial charge in [0, 0.05) is 13.1 Å². The van der Waals surface area contributed by atoms with Crippen molar-refractivity contribution in [3.8, 4) is 0 Å². The average Bonchev–Trinajstić information content (AvgIpc) is 2.77. The van der Waals surface area contributed by atoms with Crippen LogP contribution in [0, 0.1) is 0 Å². The van der Waals surface area contributed by atoms with Gasteiger partial charge >= 0.3 is 0 Å². The molecule has 1 unspecified atom stereocenters. The average molecular weight is 196 g/mol. The van der Waals surface area contributed by atoms with Gasteiger partial charge in [-0.3, -0.25) is 4.68 Å². The number of ether oxygens (including phenoxy) is 1. The summed E-state index contributed by atoms with van der Waals surface area (Å²) in [7, 11) is 1.86. The van der Waals surface area contributed by atoms with Crippen molar-refractivity contribution in [3.05, 3.63) is 11.9 Å². The van der Waals surface area contributed by atoms with E-state index in [0.29, 0.717) is 12.6 Å². The van der Waals surface area contributed by atoms with Crippen LogP contribution in [0.1, 0.15) is 18.5 Å². The second-order valence-electron chi connectivity index (χ2n) is 3.69. The SMILES string of the molecule is Cn1cc(COCC2CCCN2)nn1. The maximum absolute atomic E-state index is 5.54. The number of rotatable bonds is 4. The Balaban J connectivity index is 1.67. The first-order valence-corrected chi connectivity index (χ1v) is 5.01. The highest BCUT2D eigenvalue weighted by Gasteiger charge is 2.13. The number of nitrogens with zero attached hydrogens (tertiary/aromatic N) is 3. The summed E-state index contributed by atoms with van der Waals surface area (Å²) in [5.74, 6) is 0. The molecule has 0 spiro atoms. The first-order chi connectivity index (χ1) is 6.84. The summed E-state index contributed by atoms with van der Waals surface area (Å²) >= 11 is 0. The molecule has 0 aromatic carbocycles. The first-order valence-electron chi connectivity index (χ1n) is 5.01. The van der Waals surface area contributed by atoms with E-state index in [1.807, 2.05) is 13.2 Å². The quantitative estimate of drug-likeness (QED) is 0.741. The summed E-state index contributed by atoms with van der Waals surface area (Å²) in [6, 6.07) is 0.534. The molecule has 1 aromatic rings. The molecule has 2 heterocycles. The fraction of sp³-hybridized carbons (Fsp3) is 0.778. The lowest BCUT2D eigenvalue weighted by Crippen LogP contribution is -2.26. The third-order valence-corrected chi connectivity index (χ3v) is 2.38. The van der Waals surface area contributed by atoms with Crippen LogP contribution in [0.5, 0.6) is 0 Å². The third kappa shape index (κ3) is 2.52. The number of hydrogen-bond donors (Lipinski definition) is 1. The van der Waals surface area contributed by atoms with Crippen LogP contribution in [0.15, 0.2) is 6.20 Å². The molecule has 78 valence electrons. The van der Waals surface area contributed by atoms with Gasteiger partial charge in [0.1, 0.15) is 5.69 Å². The largest absolute Gasteiger partial charge is 0.373 e. The van der Waals surface area contributed by atoms with E-state index < -0.39 is 0 Å². The Labute approximate surface area is 83.4 Å². The van der Waals surface area contributed by atoms with Gasteiger partial charge in [-0.1, -0.05) is 5.21 Å². The lowest BCUT2D eigenvalue weighted by Gasteiger charge is -2.09. The van der Waals surface area contributed by atoms with E-state index in [1.54, 1.807) is 4.68 Å². The summed E-state index contributed by atoms with van der Waals surface area (Å²) in [5, 5.41) is 11.2. The maximum Gasteiger partial charge on any atom is 0.108 e. The van der Waals surface area contributed by atoms with Crippen LogP contribution in [-0.2, 0) is 18.4 Å². The Hall–Kier alpha value is -0.940. The molecule has 2 rings (SSSR count). The number of aryl methyl sites for hydroxylation is 1. The molecule has 1 saturated heterocycles. The van der Waals surface area contributed by atoms with Gasteiger partial charge in [-0.05, 0) is 19.4 Å². The fourth-order valence-corrected chi connectivity index (χ4v) is 1.67. The smallest absolute Gasteiger partial charge is 0.108 e. The highest BCUT2D eigenvalue weighted by Crippen LogP contribution is 2.05. The third-order valence-electron chi connectivity index (χ3n) is 2.38. The van der Waals surface area contributed by atoms with Gasteiger partial charge in [-0.15, -0.1) is 5.10 Å². The summed E-state index contributed by atoms with van der Waals surface area (Å²) in [6.07, 6.45) is 4.36. The topological polar surface area (TPSA) is 52.0 Å². The molecule has 1 atom stereocenters. The fourth-order valence-electron chi connectivity index (χ4n) is 1.67. The Morgan fingerprint density at radius 2 is 2.64 bits per heavy atom. The summed E-state index contributed by atoms with van der Waals surface area (Å²) in [4.78, 5) is 0. The van der Waals surface area contributed by atoms with Gasteiger partial charge in [0.15, 0.2) is 0 Å². The van der Waals surface area contributed by atoms with Crippen molar-refractivity contribution in [3.63, 3.8) is 0 Å². The lowest BCUT2D eigenvalue weighted by atomic mass is 10.2. The first kappa shape index (κ1) is 9.61. The minimum atomic E-state index is 0.534. The molecule has 0 radical (unpaired) electrons. The van der Waals surface area contributed by atoms with Crippen molar-refractivity contribution in [2.75, 3.05) is 13.2 Å². The van der Waals surface area contributed by atoms with Crippen LogP contribution in [-0.4, -0.2) is 34.2 Å². The number of nitrogens with one attached hydrogen (secondary N) is 1. The lowest BCUT2D eigenvalue weighted by molar-refractivity contribution is 0.101. The molecule has 1 N–H and O–H groups in total. The predicted molar refractivity (Wildman–Crippen MR) is 51.7 cm³/mol. The summed E-state index contributed by atoms with van der Waals surface area (Å²) < 4.78 is 7.23. The van der Waals surface area contributed by atoms with Crippen LogP contribution in [0.4, 0.5) is 0 Å². The number of aromatic nitrogens is 3. The second kappa shape index (κ2) is 4.52. The van der Waals surface area contributed by atoms with E-state index in [4.69, 9.17) is 4.74 Å². The van der Waals surface area contributed by atoms with Gasteiger partial charge in [-0.25, -0.2) is 0 Å². The zero-order chi connectivity index (χ0) is 9.80. The summed E-state index contributed by atoms with van der Waals surface area (Å²) in [6.45, 7) is 2.46. The Morgan fingerprint density at radius 1 is 1.71 bits per heavy atom. The van der Waals surface area contributed by atoms with Gasteiger partial charge in [0.05, 0.1) is 19.4 Å². The number of hydrogen-bond acceptors (Lipinski definition) is 4. The Kier molecular flexibility index (Phi) is 3.10. The van der Waals surface area contributed by atoms with E-state index in [0.717, 1.165) is 18.8 Å². The van der Waals surface area contributed by atoms with Gasteiger partial charge in [-0.2, -0.15) is 0 Å². The normalized spacial score (nSPS) is 21.6. The second-order valence-corrected chi connectivity index (χ2v) is 3.69. The van der Waals surface area contributed by atoms with Crippen LogP contribution in [0.25, 0.3) is 0 Å². The Bertz CT molecular complexity index is 280. The molecular weight excluding hydrogens is 180 g/mol. The zero-order valence-corrected chi connectivity index (χ0v) is 8.44. The molecule has 5 heteroatoms. The van der Waals surface area contributed by atoms with Gasteiger partial charge < -0.3 is 10.1 Å². The van der Waals surface area contributed by atoms with E-state index in [-0.39, 0.29) is 0 Å². The monoisotopic (exact) mass is 196 g/mol. The van der Waals surface area contributed by atoms with E-state index in [2.05, 4.69) is 15.6 Å². The minimum Gasteiger partial charge on any atom is -0.373 e.